The van der Waals surface area contributed by atoms with Crippen molar-refractivity contribution in [1.29, 1.82) is 0 Å². The molecule has 0 amide bonds. The number of hydrogen-bond acceptors (Lipinski definition) is 5. The third kappa shape index (κ3) is 4.31. The van der Waals surface area contributed by atoms with Crippen molar-refractivity contribution in [3.05, 3.63) is 69.5 Å². The molecule has 2 heterocycles. The summed E-state index contributed by atoms with van der Waals surface area (Å²) >= 11 is 0. The van der Waals surface area contributed by atoms with Gasteiger partial charge >= 0.3 is 0 Å². The lowest BCUT2D eigenvalue weighted by Gasteiger charge is -2.15. The lowest BCUT2D eigenvalue weighted by molar-refractivity contribution is 0.196. The quantitative estimate of drug-likeness (QED) is 0.611. The van der Waals surface area contributed by atoms with Gasteiger partial charge in [0.05, 0.1) is 12.1 Å². The van der Waals surface area contributed by atoms with Gasteiger partial charge in [0, 0.05) is 54.2 Å². The topological polar surface area (TPSA) is 76.4 Å². The third-order valence-corrected chi connectivity index (χ3v) is 5.05. The maximum Gasteiger partial charge on any atom is 0.193 e. The normalized spacial score (nSPS) is 13.8. The number of aliphatic hydroxyl groups excluding tert-OH is 1. The van der Waals surface area contributed by atoms with Gasteiger partial charge in [0.1, 0.15) is 6.61 Å². The Morgan fingerprint density at radius 3 is 2.86 bits per heavy atom. The van der Waals surface area contributed by atoms with Crippen LogP contribution in [0.3, 0.4) is 0 Å². The molecule has 2 N–H and O–H groups in total. The van der Waals surface area contributed by atoms with Crippen LogP contribution in [0.4, 0.5) is 4.39 Å². The Morgan fingerprint density at radius 2 is 2.14 bits per heavy atom. The Bertz CT molecular complexity index is 1090. The number of hydrogen-bond donors (Lipinski definition) is 2. The highest BCUT2D eigenvalue weighted by molar-refractivity contribution is 5.81. The molecule has 0 aliphatic heterocycles. The second-order valence-electron chi connectivity index (χ2n) is 7.40. The van der Waals surface area contributed by atoms with Crippen molar-refractivity contribution in [3.63, 3.8) is 0 Å². The Labute approximate surface area is 168 Å². The molecule has 6 nitrogen and oxygen atoms in total. The maximum atomic E-state index is 14.4. The van der Waals surface area contributed by atoms with E-state index >= 15 is 0 Å². The van der Waals surface area contributed by atoms with Gasteiger partial charge in [-0.3, -0.25) is 9.78 Å². The molecule has 4 rings (SSSR count). The Hall–Kier alpha value is -2.77. The van der Waals surface area contributed by atoms with Crippen LogP contribution in [0.25, 0.3) is 10.9 Å². The first-order chi connectivity index (χ1) is 14.1. The number of aliphatic hydroxyl groups is 1. The van der Waals surface area contributed by atoms with Crippen molar-refractivity contribution < 1.29 is 14.2 Å². The lowest BCUT2D eigenvalue weighted by atomic mass is 10.1. The van der Waals surface area contributed by atoms with Crippen LogP contribution in [0.15, 0.2) is 41.5 Å². The number of ether oxygens (including phenoxy) is 1. The number of aromatic nitrogens is 2. The number of halogens is 1. The second kappa shape index (κ2) is 8.31. The summed E-state index contributed by atoms with van der Waals surface area (Å²) in [5.41, 5.74) is 3.14. The van der Waals surface area contributed by atoms with Crippen molar-refractivity contribution in [2.45, 2.75) is 38.9 Å². The van der Waals surface area contributed by atoms with Crippen LogP contribution in [-0.2, 0) is 13.1 Å². The molecule has 0 saturated heterocycles. The van der Waals surface area contributed by atoms with Crippen LogP contribution in [0, 0.1) is 12.7 Å². The molecule has 0 radical (unpaired) electrons. The minimum atomic E-state index is -0.595. The van der Waals surface area contributed by atoms with Gasteiger partial charge < -0.3 is 19.7 Å². The Balaban J connectivity index is 1.64. The van der Waals surface area contributed by atoms with Crippen LogP contribution in [0.5, 0.6) is 5.75 Å². The summed E-state index contributed by atoms with van der Waals surface area (Å²) in [6.45, 7) is 2.76. The molecule has 152 valence electrons. The van der Waals surface area contributed by atoms with E-state index in [1.807, 2.05) is 25.3 Å². The zero-order valence-corrected chi connectivity index (χ0v) is 16.3. The molecule has 0 bridgehead atoms. The maximum absolute atomic E-state index is 14.4. The van der Waals surface area contributed by atoms with Gasteiger partial charge in [0.25, 0.3) is 0 Å². The summed E-state index contributed by atoms with van der Waals surface area (Å²) in [6, 6.07) is 7.07. The van der Waals surface area contributed by atoms with E-state index < -0.39 is 5.82 Å². The zero-order valence-electron chi connectivity index (χ0n) is 16.3. The number of rotatable bonds is 8. The summed E-state index contributed by atoms with van der Waals surface area (Å²) in [6.07, 6.45) is 5.71. The molecule has 1 aliphatic carbocycles. The lowest BCUT2D eigenvalue weighted by Crippen LogP contribution is -2.22. The minimum absolute atomic E-state index is 0.00652. The first-order valence-electron chi connectivity index (χ1n) is 9.80. The van der Waals surface area contributed by atoms with E-state index in [0.717, 1.165) is 24.1 Å². The molecule has 1 saturated carbocycles. The van der Waals surface area contributed by atoms with Crippen molar-refractivity contribution in [3.8, 4) is 5.75 Å². The molecule has 0 atom stereocenters. The van der Waals surface area contributed by atoms with E-state index in [0.29, 0.717) is 35.6 Å². The Morgan fingerprint density at radius 1 is 1.31 bits per heavy atom. The van der Waals surface area contributed by atoms with E-state index in [4.69, 9.17) is 9.84 Å². The molecule has 7 heteroatoms. The molecule has 0 spiro atoms. The standard InChI is InChI=1S/C22H24FN3O3/c1-14-8-15(4-5-25-14)11-24-12-16-13-26(17-2-3-17)20-10-21(29-7-6-27)19(23)9-18(20)22(16)28/h4-5,8-10,13,17,24,27H,2-3,6-7,11-12H2,1H3. The molecular formula is C22H24FN3O3. The predicted octanol–water partition coefficient (Wildman–Crippen LogP) is 2.84. The zero-order chi connectivity index (χ0) is 20.4. The van der Waals surface area contributed by atoms with Crippen LogP contribution in [-0.4, -0.2) is 27.9 Å². The van der Waals surface area contributed by atoms with Gasteiger partial charge in [-0.05, 0) is 43.5 Å². The number of nitrogens with one attached hydrogen (secondary N) is 1. The fraction of sp³-hybridized carbons (Fsp3) is 0.364. The average Bonchev–Trinajstić information content (AvgIpc) is 3.54. The van der Waals surface area contributed by atoms with Crippen molar-refractivity contribution in [2.75, 3.05) is 13.2 Å². The SMILES string of the molecule is Cc1cc(CNCc2cn(C3CC3)c3cc(OCCO)c(F)cc3c2=O)ccn1. The van der Waals surface area contributed by atoms with Crippen molar-refractivity contribution in [2.24, 2.45) is 0 Å². The highest BCUT2D eigenvalue weighted by atomic mass is 19.1. The first-order valence-corrected chi connectivity index (χ1v) is 9.80. The minimum Gasteiger partial charge on any atom is -0.488 e. The summed E-state index contributed by atoms with van der Waals surface area (Å²) < 4.78 is 21.8. The molecule has 0 unspecified atom stereocenters. The fourth-order valence-electron chi connectivity index (χ4n) is 3.51. The number of pyridine rings is 2. The summed E-state index contributed by atoms with van der Waals surface area (Å²) in [4.78, 5) is 17.2. The molecule has 2 aromatic heterocycles. The van der Waals surface area contributed by atoms with Crippen LogP contribution in [0.2, 0.25) is 0 Å². The van der Waals surface area contributed by atoms with Gasteiger partial charge in [-0.2, -0.15) is 0 Å². The number of fused-ring (bicyclic) bond motifs is 1. The number of benzene rings is 1. The van der Waals surface area contributed by atoms with Crippen molar-refractivity contribution >= 4 is 10.9 Å². The first kappa shape index (κ1) is 19.5. The van der Waals surface area contributed by atoms with E-state index in [1.54, 1.807) is 12.3 Å². The van der Waals surface area contributed by atoms with Crippen molar-refractivity contribution in [1.82, 2.24) is 14.9 Å². The molecule has 1 aliphatic rings. The average molecular weight is 397 g/mol. The number of nitrogens with zero attached hydrogens (tertiary/aromatic N) is 2. The molecular weight excluding hydrogens is 373 g/mol. The second-order valence-corrected chi connectivity index (χ2v) is 7.40. The third-order valence-electron chi connectivity index (χ3n) is 5.05. The predicted molar refractivity (Wildman–Crippen MR) is 109 cm³/mol. The number of aryl methyl sites for hydroxylation is 1. The molecule has 29 heavy (non-hydrogen) atoms. The van der Waals surface area contributed by atoms with Gasteiger partial charge in [0.2, 0.25) is 0 Å². The fourth-order valence-corrected chi connectivity index (χ4v) is 3.51. The van der Waals surface area contributed by atoms with Gasteiger partial charge in [-0.1, -0.05) is 0 Å². The van der Waals surface area contributed by atoms with Gasteiger partial charge in [-0.25, -0.2) is 4.39 Å². The van der Waals surface area contributed by atoms with E-state index in [2.05, 4.69) is 14.9 Å². The highest BCUT2D eigenvalue weighted by Crippen LogP contribution is 2.38. The Kier molecular flexibility index (Phi) is 5.60. The summed E-state index contributed by atoms with van der Waals surface area (Å²) in [7, 11) is 0. The van der Waals surface area contributed by atoms with E-state index in [1.165, 1.54) is 6.07 Å². The monoisotopic (exact) mass is 397 g/mol. The molecule has 3 aromatic rings. The molecule has 1 aromatic carbocycles. The highest BCUT2D eigenvalue weighted by Gasteiger charge is 2.26. The van der Waals surface area contributed by atoms with E-state index in [-0.39, 0.29) is 24.4 Å². The molecule has 1 fully saturated rings. The van der Waals surface area contributed by atoms with E-state index in [9.17, 15) is 9.18 Å². The van der Waals surface area contributed by atoms with Crippen LogP contribution >= 0.6 is 0 Å². The summed E-state index contributed by atoms with van der Waals surface area (Å²) in [5, 5.41) is 12.6. The van der Waals surface area contributed by atoms with Gasteiger partial charge in [0.15, 0.2) is 17.0 Å². The van der Waals surface area contributed by atoms with Crippen LogP contribution in [0.1, 0.15) is 35.7 Å². The largest absolute Gasteiger partial charge is 0.488 e. The van der Waals surface area contributed by atoms with Crippen LogP contribution < -0.4 is 15.5 Å². The van der Waals surface area contributed by atoms with Gasteiger partial charge in [-0.15, -0.1) is 0 Å². The summed E-state index contributed by atoms with van der Waals surface area (Å²) in [5.74, 6) is -0.540. The smallest absolute Gasteiger partial charge is 0.193 e.